The lowest BCUT2D eigenvalue weighted by Crippen LogP contribution is -2.03. The summed E-state index contributed by atoms with van der Waals surface area (Å²) in [4.78, 5) is 10.9. The Morgan fingerprint density at radius 1 is 1.56 bits per heavy atom. The monoisotopic (exact) mass is 242 g/mol. The van der Waals surface area contributed by atoms with Crippen molar-refractivity contribution in [2.24, 2.45) is 5.92 Å². The van der Waals surface area contributed by atoms with E-state index in [-0.39, 0.29) is 18.2 Å². The van der Waals surface area contributed by atoms with Crippen molar-refractivity contribution in [2.45, 2.75) is 11.8 Å². The first-order chi connectivity index (χ1) is 7.52. The third-order valence-corrected chi connectivity index (χ3v) is 3.28. The molecule has 3 N–H and O–H groups in total. The van der Waals surface area contributed by atoms with Gasteiger partial charge in [0.2, 0.25) is 0 Å². The molecule has 5 nitrogen and oxygen atoms in total. The average molecular weight is 242 g/mol. The number of nitrogens with two attached hydrogens (primary N) is 1. The third-order valence-electron chi connectivity index (χ3n) is 1.97. The summed E-state index contributed by atoms with van der Waals surface area (Å²) in [5, 5.41) is 19.5. The van der Waals surface area contributed by atoms with E-state index in [9.17, 15) is 10.1 Å². The lowest BCUT2D eigenvalue weighted by Gasteiger charge is -2.07. The minimum absolute atomic E-state index is 0.000786. The highest BCUT2D eigenvalue weighted by Gasteiger charge is 2.09. The van der Waals surface area contributed by atoms with Gasteiger partial charge in [-0.05, 0) is 12.0 Å². The molecular weight excluding hydrogens is 228 g/mol. The van der Waals surface area contributed by atoms with E-state index in [0.29, 0.717) is 11.4 Å². The molecule has 0 aromatic heterocycles. The number of hydrogen-bond donors (Lipinski definition) is 2. The molecule has 0 saturated carbocycles. The molecule has 0 radical (unpaired) electrons. The van der Waals surface area contributed by atoms with Gasteiger partial charge < -0.3 is 10.8 Å². The Labute approximate surface area is 97.8 Å². The lowest BCUT2D eigenvalue weighted by molar-refractivity contribution is -0.385. The fraction of sp³-hybridized carbons (Fsp3) is 0.400. The van der Waals surface area contributed by atoms with Crippen LogP contribution in [0, 0.1) is 16.0 Å². The van der Waals surface area contributed by atoms with Gasteiger partial charge in [-0.15, -0.1) is 11.8 Å². The number of nitro benzene ring substituents is 1. The number of benzene rings is 1. The minimum Gasteiger partial charge on any atom is -0.398 e. The molecule has 6 heteroatoms. The topological polar surface area (TPSA) is 89.4 Å². The largest absolute Gasteiger partial charge is 0.398 e. The smallest absolute Gasteiger partial charge is 0.272 e. The molecule has 1 unspecified atom stereocenters. The quantitative estimate of drug-likeness (QED) is 0.356. The maximum Gasteiger partial charge on any atom is 0.272 e. The summed E-state index contributed by atoms with van der Waals surface area (Å²) in [7, 11) is 0. The van der Waals surface area contributed by atoms with E-state index in [1.807, 2.05) is 6.92 Å². The molecule has 1 aromatic rings. The molecule has 0 bridgehead atoms. The fourth-order valence-electron chi connectivity index (χ4n) is 1.09. The number of nitrogens with zero attached hydrogens (tertiary/aromatic N) is 1. The van der Waals surface area contributed by atoms with Crippen molar-refractivity contribution in [2.75, 3.05) is 18.1 Å². The second-order valence-electron chi connectivity index (χ2n) is 3.62. The van der Waals surface area contributed by atoms with E-state index in [2.05, 4.69) is 0 Å². The Kier molecular flexibility index (Phi) is 4.57. The molecule has 16 heavy (non-hydrogen) atoms. The SMILES string of the molecule is CC(CO)CSc1cc(N)cc([N+](=O)[O-])c1. The Balaban J connectivity index is 2.76. The number of rotatable bonds is 5. The number of nitro groups is 1. The summed E-state index contributed by atoms with van der Waals surface area (Å²) in [6, 6.07) is 4.52. The molecule has 0 aliphatic rings. The van der Waals surface area contributed by atoms with Gasteiger partial charge in [-0.25, -0.2) is 0 Å². The maximum absolute atomic E-state index is 10.6. The van der Waals surface area contributed by atoms with Crippen LogP contribution < -0.4 is 5.73 Å². The van der Waals surface area contributed by atoms with E-state index in [4.69, 9.17) is 10.8 Å². The van der Waals surface area contributed by atoms with Gasteiger partial charge in [0, 0.05) is 35.1 Å². The van der Waals surface area contributed by atoms with Gasteiger partial charge in [0.05, 0.1) is 4.92 Å². The second kappa shape index (κ2) is 5.72. The molecule has 0 fully saturated rings. The number of non-ortho nitro benzene ring substituents is 1. The molecular formula is C10H14N2O3S. The van der Waals surface area contributed by atoms with Gasteiger partial charge in [-0.3, -0.25) is 10.1 Å². The summed E-state index contributed by atoms with van der Waals surface area (Å²) in [6.07, 6.45) is 0. The average Bonchev–Trinajstić information content (AvgIpc) is 2.25. The van der Waals surface area contributed by atoms with Crippen molar-refractivity contribution in [3.63, 3.8) is 0 Å². The molecule has 0 heterocycles. The van der Waals surface area contributed by atoms with Gasteiger partial charge >= 0.3 is 0 Å². The first kappa shape index (κ1) is 12.8. The molecule has 0 saturated heterocycles. The molecule has 1 atom stereocenters. The number of aliphatic hydroxyl groups is 1. The van der Waals surface area contributed by atoms with E-state index in [0.717, 1.165) is 4.90 Å². The van der Waals surface area contributed by atoms with Crippen molar-refractivity contribution < 1.29 is 10.0 Å². The van der Waals surface area contributed by atoms with Crippen LogP contribution >= 0.6 is 11.8 Å². The highest BCUT2D eigenvalue weighted by atomic mass is 32.2. The van der Waals surface area contributed by atoms with Gasteiger partial charge in [-0.2, -0.15) is 0 Å². The number of aliphatic hydroxyl groups excluding tert-OH is 1. The first-order valence-corrected chi connectivity index (χ1v) is 5.80. The van der Waals surface area contributed by atoms with Gasteiger partial charge in [-0.1, -0.05) is 6.92 Å². The van der Waals surface area contributed by atoms with E-state index in [1.54, 1.807) is 6.07 Å². The van der Waals surface area contributed by atoms with Crippen LogP contribution in [0.2, 0.25) is 0 Å². The van der Waals surface area contributed by atoms with Gasteiger partial charge in [0.25, 0.3) is 5.69 Å². The van der Waals surface area contributed by atoms with Crippen LogP contribution in [0.5, 0.6) is 0 Å². The van der Waals surface area contributed by atoms with E-state index < -0.39 is 4.92 Å². The van der Waals surface area contributed by atoms with Crippen LogP contribution in [0.4, 0.5) is 11.4 Å². The Morgan fingerprint density at radius 2 is 2.25 bits per heavy atom. The molecule has 88 valence electrons. The Morgan fingerprint density at radius 3 is 2.81 bits per heavy atom. The van der Waals surface area contributed by atoms with Crippen molar-refractivity contribution in [3.8, 4) is 0 Å². The van der Waals surface area contributed by atoms with Crippen LogP contribution in [0.25, 0.3) is 0 Å². The summed E-state index contributed by atoms with van der Waals surface area (Å²) in [5.41, 5.74) is 5.95. The second-order valence-corrected chi connectivity index (χ2v) is 4.71. The summed E-state index contributed by atoms with van der Waals surface area (Å²) in [6.45, 7) is 2.02. The standard InChI is InChI=1S/C10H14N2O3S/c1-7(5-13)6-16-10-3-8(11)2-9(4-10)12(14)15/h2-4,7,13H,5-6,11H2,1H3. The molecule has 0 aliphatic heterocycles. The third kappa shape index (κ3) is 3.71. The fourth-order valence-corrected chi connectivity index (χ4v) is 2.09. The van der Waals surface area contributed by atoms with Crippen LogP contribution in [-0.4, -0.2) is 22.4 Å². The molecule has 1 rings (SSSR count). The van der Waals surface area contributed by atoms with Crippen molar-refractivity contribution in [1.82, 2.24) is 0 Å². The zero-order valence-electron chi connectivity index (χ0n) is 8.92. The number of thioether (sulfide) groups is 1. The molecule has 0 aliphatic carbocycles. The molecule has 0 amide bonds. The molecule has 1 aromatic carbocycles. The van der Waals surface area contributed by atoms with E-state index >= 15 is 0 Å². The number of anilines is 1. The first-order valence-electron chi connectivity index (χ1n) is 4.81. The summed E-state index contributed by atoms with van der Waals surface area (Å²) < 4.78 is 0. The summed E-state index contributed by atoms with van der Waals surface area (Å²) in [5.74, 6) is 0.863. The molecule has 0 spiro atoms. The number of hydrogen-bond acceptors (Lipinski definition) is 5. The van der Waals surface area contributed by atoms with Crippen LogP contribution in [0.15, 0.2) is 23.1 Å². The number of nitrogen functional groups attached to an aromatic ring is 1. The normalized spacial score (nSPS) is 12.4. The van der Waals surface area contributed by atoms with Crippen LogP contribution in [0.3, 0.4) is 0 Å². The van der Waals surface area contributed by atoms with Crippen molar-refractivity contribution in [1.29, 1.82) is 0 Å². The van der Waals surface area contributed by atoms with E-state index in [1.165, 1.54) is 23.9 Å². The predicted octanol–water partition coefficient (Wildman–Crippen LogP) is 1.90. The van der Waals surface area contributed by atoms with Crippen LogP contribution in [0.1, 0.15) is 6.92 Å². The van der Waals surface area contributed by atoms with Crippen LogP contribution in [-0.2, 0) is 0 Å². The Bertz CT molecular complexity index is 384. The zero-order chi connectivity index (χ0) is 12.1. The Hall–Kier alpha value is -1.27. The highest BCUT2D eigenvalue weighted by molar-refractivity contribution is 7.99. The van der Waals surface area contributed by atoms with Crippen molar-refractivity contribution in [3.05, 3.63) is 28.3 Å². The zero-order valence-corrected chi connectivity index (χ0v) is 9.74. The lowest BCUT2D eigenvalue weighted by atomic mass is 10.2. The van der Waals surface area contributed by atoms with Crippen molar-refractivity contribution >= 4 is 23.1 Å². The summed E-state index contributed by atoms with van der Waals surface area (Å²) >= 11 is 1.45. The predicted molar refractivity (Wildman–Crippen MR) is 64.5 cm³/mol. The maximum atomic E-state index is 10.6. The van der Waals surface area contributed by atoms with Gasteiger partial charge in [0.1, 0.15) is 0 Å². The minimum atomic E-state index is -0.462. The highest BCUT2D eigenvalue weighted by Crippen LogP contribution is 2.27. The van der Waals surface area contributed by atoms with Gasteiger partial charge in [0.15, 0.2) is 0 Å².